The summed E-state index contributed by atoms with van der Waals surface area (Å²) in [5.41, 5.74) is 5.91. The van der Waals surface area contributed by atoms with Crippen molar-refractivity contribution in [2.24, 2.45) is 5.73 Å². The van der Waals surface area contributed by atoms with Crippen molar-refractivity contribution >= 4 is 0 Å². The Labute approximate surface area is 68.6 Å². The van der Waals surface area contributed by atoms with Gasteiger partial charge in [-0.3, -0.25) is 0 Å². The number of nitrogens with zero attached hydrogens (tertiary/aromatic N) is 1. The maximum Gasteiger partial charge on any atom is 0.176 e. The van der Waals surface area contributed by atoms with Crippen LogP contribution in [0.4, 0.5) is 0 Å². The van der Waals surface area contributed by atoms with Crippen LogP contribution in [-0.4, -0.2) is 12.1 Å². The van der Waals surface area contributed by atoms with Crippen LogP contribution in [0.25, 0.3) is 0 Å². The minimum absolute atomic E-state index is 0.0795. The van der Waals surface area contributed by atoms with Crippen LogP contribution in [0.2, 0.25) is 0 Å². The highest BCUT2D eigenvalue weighted by Crippen LogP contribution is 2.14. The normalized spacial score (nSPS) is 10.7. The van der Waals surface area contributed by atoms with Crippen LogP contribution in [0.1, 0.15) is 33.1 Å². The van der Waals surface area contributed by atoms with Crippen LogP contribution in [0.15, 0.2) is 0 Å². The molecule has 3 heteroatoms. The minimum Gasteiger partial charge on any atom is -0.325 e. The number of rotatable bonds is 5. The van der Waals surface area contributed by atoms with Crippen molar-refractivity contribution in [2.75, 3.05) is 6.54 Å². The highest BCUT2D eigenvalue weighted by atomic mass is 14.9. The molecule has 0 amide bonds. The van der Waals surface area contributed by atoms with Crippen molar-refractivity contribution in [3.05, 3.63) is 0 Å². The standard InChI is InChI=1S/C8H17N3/c1-3-8(10,4-2)5-6-11-7-9/h11H,3-6,10H2,1-2H3. The molecule has 0 unspecified atom stereocenters. The summed E-state index contributed by atoms with van der Waals surface area (Å²) in [4.78, 5) is 0. The summed E-state index contributed by atoms with van der Waals surface area (Å²) in [6, 6.07) is 0. The van der Waals surface area contributed by atoms with Crippen LogP contribution in [0.5, 0.6) is 0 Å². The van der Waals surface area contributed by atoms with Crippen LogP contribution in [0, 0.1) is 11.5 Å². The lowest BCUT2D eigenvalue weighted by atomic mass is 9.90. The van der Waals surface area contributed by atoms with Crippen molar-refractivity contribution < 1.29 is 0 Å². The second-order valence-corrected chi connectivity index (χ2v) is 2.86. The van der Waals surface area contributed by atoms with Gasteiger partial charge in [0.05, 0.1) is 0 Å². The van der Waals surface area contributed by atoms with E-state index in [4.69, 9.17) is 11.0 Å². The van der Waals surface area contributed by atoms with Gasteiger partial charge in [0.1, 0.15) is 0 Å². The predicted molar refractivity (Wildman–Crippen MR) is 45.7 cm³/mol. The average molecular weight is 155 g/mol. The molecule has 0 saturated carbocycles. The summed E-state index contributed by atoms with van der Waals surface area (Å²) in [5.74, 6) is 0. The fraction of sp³-hybridized carbons (Fsp3) is 0.875. The summed E-state index contributed by atoms with van der Waals surface area (Å²) in [5, 5.41) is 10.8. The lowest BCUT2D eigenvalue weighted by Gasteiger charge is -2.25. The largest absolute Gasteiger partial charge is 0.325 e. The molecule has 0 atom stereocenters. The molecule has 0 heterocycles. The average Bonchev–Trinajstić information content (AvgIpc) is 2.05. The SMILES string of the molecule is CCC(N)(CC)CCNC#N. The van der Waals surface area contributed by atoms with Crippen molar-refractivity contribution in [1.29, 1.82) is 5.26 Å². The molecule has 0 radical (unpaired) electrons. The summed E-state index contributed by atoms with van der Waals surface area (Å²) in [6.07, 6.45) is 4.69. The first kappa shape index (κ1) is 10.2. The van der Waals surface area contributed by atoms with Gasteiger partial charge in [-0.2, -0.15) is 5.26 Å². The zero-order valence-corrected chi connectivity index (χ0v) is 7.35. The Balaban J connectivity index is 3.62. The van der Waals surface area contributed by atoms with Gasteiger partial charge in [0.15, 0.2) is 6.19 Å². The third kappa shape index (κ3) is 3.84. The molecule has 0 aromatic heterocycles. The smallest absolute Gasteiger partial charge is 0.176 e. The number of nitrogens with two attached hydrogens (primary N) is 1. The number of hydrogen-bond donors (Lipinski definition) is 2. The second-order valence-electron chi connectivity index (χ2n) is 2.86. The minimum atomic E-state index is -0.0795. The van der Waals surface area contributed by atoms with Gasteiger partial charge in [-0.25, -0.2) is 0 Å². The van der Waals surface area contributed by atoms with Crippen LogP contribution < -0.4 is 11.1 Å². The zero-order chi connectivity index (χ0) is 8.74. The lowest BCUT2D eigenvalue weighted by Crippen LogP contribution is -2.40. The van der Waals surface area contributed by atoms with Gasteiger partial charge in [0.25, 0.3) is 0 Å². The molecule has 3 N–H and O–H groups in total. The molecule has 64 valence electrons. The van der Waals surface area contributed by atoms with E-state index in [-0.39, 0.29) is 5.54 Å². The molecule has 0 aliphatic heterocycles. The molecule has 3 nitrogen and oxygen atoms in total. The molecule has 0 saturated heterocycles. The molecule has 0 fully saturated rings. The van der Waals surface area contributed by atoms with Gasteiger partial charge in [0, 0.05) is 12.1 Å². The van der Waals surface area contributed by atoms with E-state index in [1.807, 2.05) is 6.19 Å². The lowest BCUT2D eigenvalue weighted by molar-refractivity contribution is 0.366. The third-order valence-electron chi connectivity index (χ3n) is 2.24. The second kappa shape index (κ2) is 4.97. The Bertz CT molecular complexity index is 133. The molecule has 0 rings (SSSR count). The van der Waals surface area contributed by atoms with E-state index in [2.05, 4.69) is 19.2 Å². The summed E-state index contributed by atoms with van der Waals surface area (Å²) < 4.78 is 0. The molecule has 0 aliphatic rings. The first-order valence-electron chi connectivity index (χ1n) is 4.09. The quantitative estimate of drug-likeness (QED) is 0.353. The van der Waals surface area contributed by atoms with Gasteiger partial charge in [-0.05, 0) is 19.3 Å². The molecule has 11 heavy (non-hydrogen) atoms. The van der Waals surface area contributed by atoms with E-state index in [0.717, 1.165) is 19.3 Å². The Morgan fingerprint density at radius 2 is 2.00 bits per heavy atom. The topological polar surface area (TPSA) is 61.8 Å². The Morgan fingerprint density at radius 3 is 2.36 bits per heavy atom. The Morgan fingerprint density at radius 1 is 1.45 bits per heavy atom. The maximum absolute atomic E-state index is 8.21. The summed E-state index contributed by atoms with van der Waals surface area (Å²) in [7, 11) is 0. The first-order chi connectivity index (χ1) is 5.18. The van der Waals surface area contributed by atoms with Gasteiger partial charge in [-0.15, -0.1) is 0 Å². The van der Waals surface area contributed by atoms with Crippen LogP contribution in [-0.2, 0) is 0 Å². The van der Waals surface area contributed by atoms with Gasteiger partial charge >= 0.3 is 0 Å². The molecule has 0 aliphatic carbocycles. The highest BCUT2D eigenvalue weighted by molar-refractivity contribution is 4.82. The van der Waals surface area contributed by atoms with E-state index in [0.29, 0.717) is 6.54 Å². The van der Waals surface area contributed by atoms with Crippen LogP contribution >= 0.6 is 0 Å². The fourth-order valence-corrected chi connectivity index (χ4v) is 0.971. The maximum atomic E-state index is 8.21. The molecule has 0 spiro atoms. The molecular weight excluding hydrogens is 138 g/mol. The predicted octanol–water partition coefficient (Wildman–Crippen LogP) is 0.965. The van der Waals surface area contributed by atoms with Gasteiger partial charge in [0.2, 0.25) is 0 Å². The molecule has 0 aromatic rings. The van der Waals surface area contributed by atoms with E-state index >= 15 is 0 Å². The number of nitriles is 1. The van der Waals surface area contributed by atoms with Crippen molar-refractivity contribution in [3.8, 4) is 6.19 Å². The summed E-state index contributed by atoms with van der Waals surface area (Å²) in [6.45, 7) is 4.85. The number of hydrogen-bond acceptors (Lipinski definition) is 3. The van der Waals surface area contributed by atoms with Crippen molar-refractivity contribution in [3.63, 3.8) is 0 Å². The van der Waals surface area contributed by atoms with E-state index < -0.39 is 0 Å². The van der Waals surface area contributed by atoms with Crippen molar-refractivity contribution in [1.82, 2.24) is 5.32 Å². The summed E-state index contributed by atoms with van der Waals surface area (Å²) >= 11 is 0. The number of nitrogens with one attached hydrogen (secondary N) is 1. The highest BCUT2D eigenvalue weighted by Gasteiger charge is 2.18. The van der Waals surface area contributed by atoms with E-state index in [1.165, 1.54) is 0 Å². The Hall–Kier alpha value is -0.750. The first-order valence-corrected chi connectivity index (χ1v) is 4.09. The van der Waals surface area contributed by atoms with E-state index in [9.17, 15) is 0 Å². The van der Waals surface area contributed by atoms with Crippen molar-refractivity contribution in [2.45, 2.75) is 38.6 Å². The van der Waals surface area contributed by atoms with Gasteiger partial charge < -0.3 is 11.1 Å². The molecule has 0 bridgehead atoms. The molecule has 0 aromatic carbocycles. The monoisotopic (exact) mass is 155 g/mol. The van der Waals surface area contributed by atoms with Crippen LogP contribution in [0.3, 0.4) is 0 Å². The van der Waals surface area contributed by atoms with Gasteiger partial charge in [-0.1, -0.05) is 13.8 Å². The Kier molecular flexibility index (Phi) is 4.64. The fourth-order valence-electron chi connectivity index (χ4n) is 0.971. The zero-order valence-electron chi connectivity index (χ0n) is 7.35. The van der Waals surface area contributed by atoms with E-state index in [1.54, 1.807) is 0 Å². The third-order valence-corrected chi connectivity index (χ3v) is 2.24. The molecular formula is C8H17N3.